The summed E-state index contributed by atoms with van der Waals surface area (Å²) in [6.45, 7) is 3.86. The molecule has 0 aromatic carbocycles. The molecule has 0 aliphatic heterocycles. The Balaban J connectivity index is 1.82. The van der Waals surface area contributed by atoms with Crippen LogP contribution in [0.1, 0.15) is 27.6 Å². The molecule has 0 bridgehead atoms. The molecule has 1 amide bonds. The molecule has 3 aromatic heterocycles. The number of carbonyl (C=O) groups excluding carboxylic acids is 1. The van der Waals surface area contributed by atoms with Crippen molar-refractivity contribution < 1.29 is 13.7 Å². The van der Waals surface area contributed by atoms with Gasteiger partial charge in [0.15, 0.2) is 0 Å². The molecule has 1 N–H and O–H groups in total. The van der Waals surface area contributed by atoms with Gasteiger partial charge in [-0.3, -0.25) is 9.78 Å². The fourth-order valence-electron chi connectivity index (χ4n) is 2.15. The highest BCUT2D eigenvalue weighted by atomic mass is 16.5. The molecule has 0 spiro atoms. The Morgan fingerprint density at radius 3 is 2.77 bits per heavy atom. The fourth-order valence-corrected chi connectivity index (χ4v) is 2.15. The van der Waals surface area contributed by atoms with Crippen molar-refractivity contribution in [3.05, 3.63) is 59.4 Å². The highest BCUT2D eigenvalue weighted by Gasteiger charge is 2.22. The van der Waals surface area contributed by atoms with Crippen LogP contribution >= 0.6 is 0 Å². The first-order chi connectivity index (χ1) is 10.6. The minimum absolute atomic E-state index is 0.270. The predicted octanol–water partition coefficient (Wildman–Crippen LogP) is 2.88. The molecule has 0 saturated heterocycles. The molecule has 6 heteroatoms. The highest BCUT2D eigenvalue weighted by Crippen LogP contribution is 2.23. The van der Waals surface area contributed by atoms with E-state index in [-0.39, 0.29) is 5.91 Å². The molecule has 0 saturated carbocycles. The van der Waals surface area contributed by atoms with Crippen molar-refractivity contribution in [3.8, 4) is 11.4 Å². The number of amides is 1. The first kappa shape index (κ1) is 14.1. The maximum Gasteiger partial charge on any atom is 0.257 e. The molecule has 0 radical (unpaired) electrons. The Kier molecular flexibility index (Phi) is 3.74. The number of hydrogen-bond acceptors (Lipinski definition) is 5. The van der Waals surface area contributed by atoms with Crippen LogP contribution in [0.5, 0.6) is 0 Å². The van der Waals surface area contributed by atoms with Gasteiger partial charge in [-0.15, -0.1) is 0 Å². The third-order valence-corrected chi connectivity index (χ3v) is 3.22. The van der Waals surface area contributed by atoms with Gasteiger partial charge in [-0.05, 0) is 38.1 Å². The molecule has 112 valence electrons. The van der Waals surface area contributed by atoms with Crippen molar-refractivity contribution in [2.24, 2.45) is 0 Å². The minimum Gasteiger partial charge on any atom is -0.465 e. The number of rotatable bonds is 4. The molecule has 0 atom stereocenters. The van der Waals surface area contributed by atoms with E-state index >= 15 is 0 Å². The zero-order valence-electron chi connectivity index (χ0n) is 12.3. The Morgan fingerprint density at radius 1 is 1.23 bits per heavy atom. The van der Waals surface area contributed by atoms with Crippen LogP contribution in [0.15, 0.2) is 45.5 Å². The van der Waals surface area contributed by atoms with Crippen LogP contribution in [0.25, 0.3) is 11.4 Å². The zero-order chi connectivity index (χ0) is 15.5. The first-order valence-corrected chi connectivity index (χ1v) is 6.86. The van der Waals surface area contributed by atoms with Crippen molar-refractivity contribution >= 4 is 5.91 Å². The summed E-state index contributed by atoms with van der Waals surface area (Å²) in [4.78, 5) is 16.6. The van der Waals surface area contributed by atoms with Crippen molar-refractivity contribution in [2.45, 2.75) is 20.4 Å². The summed E-state index contributed by atoms with van der Waals surface area (Å²) in [5, 5.41) is 6.75. The van der Waals surface area contributed by atoms with Crippen LogP contribution < -0.4 is 5.32 Å². The van der Waals surface area contributed by atoms with E-state index in [9.17, 15) is 4.79 Å². The molecule has 0 fully saturated rings. The second-order valence-corrected chi connectivity index (χ2v) is 4.87. The highest BCUT2D eigenvalue weighted by molar-refractivity contribution is 6.00. The van der Waals surface area contributed by atoms with Crippen LogP contribution in [-0.2, 0) is 6.54 Å². The van der Waals surface area contributed by atoms with E-state index in [1.54, 1.807) is 25.3 Å². The third kappa shape index (κ3) is 2.76. The maximum atomic E-state index is 12.4. The smallest absolute Gasteiger partial charge is 0.257 e. The Hall–Kier alpha value is -2.89. The van der Waals surface area contributed by atoms with Crippen LogP contribution in [0.4, 0.5) is 0 Å². The largest absolute Gasteiger partial charge is 0.465 e. The van der Waals surface area contributed by atoms with Gasteiger partial charge < -0.3 is 14.3 Å². The molecule has 3 aromatic rings. The number of carbonyl (C=O) groups is 1. The van der Waals surface area contributed by atoms with Gasteiger partial charge in [-0.1, -0.05) is 11.2 Å². The van der Waals surface area contributed by atoms with Gasteiger partial charge in [0.1, 0.15) is 28.5 Å². The van der Waals surface area contributed by atoms with Gasteiger partial charge in [-0.2, -0.15) is 0 Å². The van der Waals surface area contributed by atoms with E-state index < -0.39 is 0 Å². The van der Waals surface area contributed by atoms with E-state index in [1.165, 1.54) is 0 Å². The van der Waals surface area contributed by atoms with Crippen molar-refractivity contribution in [1.29, 1.82) is 0 Å². The van der Waals surface area contributed by atoms with Crippen LogP contribution in [0.2, 0.25) is 0 Å². The van der Waals surface area contributed by atoms with Gasteiger partial charge in [0.05, 0.1) is 12.2 Å². The minimum atomic E-state index is -0.270. The SMILES string of the molecule is Cc1ccc(CNC(=O)c2c(-c3ccccn3)noc2C)o1. The van der Waals surface area contributed by atoms with Gasteiger partial charge >= 0.3 is 0 Å². The van der Waals surface area contributed by atoms with Gasteiger partial charge in [0, 0.05) is 6.20 Å². The molecular formula is C16H15N3O3. The monoisotopic (exact) mass is 297 g/mol. The summed E-state index contributed by atoms with van der Waals surface area (Å²) in [5.74, 6) is 1.68. The molecule has 0 unspecified atom stereocenters. The second kappa shape index (κ2) is 5.85. The molecule has 3 heterocycles. The van der Waals surface area contributed by atoms with Gasteiger partial charge in [0.2, 0.25) is 0 Å². The number of nitrogens with zero attached hydrogens (tertiary/aromatic N) is 2. The molecular weight excluding hydrogens is 282 g/mol. The number of nitrogens with one attached hydrogen (secondary N) is 1. The lowest BCUT2D eigenvalue weighted by Gasteiger charge is -2.04. The van der Waals surface area contributed by atoms with E-state index in [2.05, 4.69) is 15.5 Å². The Labute approximate surface area is 127 Å². The number of furan rings is 1. The number of aromatic nitrogens is 2. The third-order valence-electron chi connectivity index (χ3n) is 3.22. The molecule has 0 aliphatic carbocycles. The molecule has 3 rings (SSSR count). The van der Waals surface area contributed by atoms with Gasteiger partial charge in [-0.25, -0.2) is 0 Å². The van der Waals surface area contributed by atoms with E-state index in [1.807, 2.05) is 25.1 Å². The van der Waals surface area contributed by atoms with E-state index in [0.717, 1.165) is 5.76 Å². The molecule has 6 nitrogen and oxygen atoms in total. The lowest BCUT2D eigenvalue weighted by atomic mass is 10.1. The standard InChI is InChI=1S/C16H15N3O3/c1-10-6-7-12(21-10)9-18-16(20)14-11(2)22-19-15(14)13-5-3-4-8-17-13/h3-8H,9H2,1-2H3,(H,18,20). The predicted molar refractivity (Wildman–Crippen MR) is 79.1 cm³/mol. The summed E-state index contributed by atoms with van der Waals surface area (Å²) in [5.41, 5.74) is 1.42. The van der Waals surface area contributed by atoms with Crippen LogP contribution in [-0.4, -0.2) is 16.0 Å². The summed E-state index contributed by atoms with van der Waals surface area (Å²) in [6, 6.07) is 9.10. The zero-order valence-corrected chi connectivity index (χ0v) is 12.3. The lowest BCUT2D eigenvalue weighted by Crippen LogP contribution is -2.23. The molecule has 0 aliphatic rings. The normalized spacial score (nSPS) is 10.6. The average molecular weight is 297 g/mol. The number of hydrogen-bond donors (Lipinski definition) is 1. The Morgan fingerprint density at radius 2 is 2.09 bits per heavy atom. The van der Waals surface area contributed by atoms with Crippen LogP contribution in [0, 0.1) is 13.8 Å². The van der Waals surface area contributed by atoms with E-state index in [4.69, 9.17) is 8.94 Å². The summed E-state index contributed by atoms with van der Waals surface area (Å²) in [7, 11) is 0. The number of pyridine rings is 1. The van der Waals surface area contributed by atoms with E-state index in [0.29, 0.717) is 35.0 Å². The summed E-state index contributed by atoms with van der Waals surface area (Å²) >= 11 is 0. The van der Waals surface area contributed by atoms with Crippen molar-refractivity contribution in [1.82, 2.24) is 15.5 Å². The lowest BCUT2D eigenvalue weighted by molar-refractivity contribution is 0.0947. The average Bonchev–Trinajstić information content (AvgIpc) is 3.12. The fraction of sp³-hybridized carbons (Fsp3) is 0.188. The second-order valence-electron chi connectivity index (χ2n) is 4.87. The van der Waals surface area contributed by atoms with Crippen LogP contribution in [0.3, 0.4) is 0 Å². The summed E-state index contributed by atoms with van der Waals surface area (Å²) in [6.07, 6.45) is 1.65. The van der Waals surface area contributed by atoms with Crippen molar-refractivity contribution in [3.63, 3.8) is 0 Å². The Bertz CT molecular complexity index is 790. The first-order valence-electron chi connectivity index (χ1n) is 6.86. The summed E-state index contributed by atoms with van der Waals surface area (Å²) < 4.78 is 10.6. The number of aryl methyl sites for hydroxylation is 2. The molecule has 22 heavy (non-hydrogen) atoms. The topological polar surface area (TPSA) is 81.2 Å². The van der Waals surface area contributed by atoms with Crippen molar-refractivity contribution in [2.75, 3.05) is 0 Å². The van der Waals surface area contributed by atoms with Gasteiger partial charge in [0.25, 0.3) is 5.91 Å². The maximum absolute atomic E-state index is 12.4. The quantitative estimate of drug-likeness (QED) is 0.800.